The zero-order chi connectivity index (χ0) is 30.4. The summed E-state index contributed by atoms with van der Waals surface area (Å²) >= 11 is 6.15. The molecule has 4 heterocycles. The topological polar surface area (TPSA) is 90.4 Å². The number of aliphatic hydroxyl groups excluding tert-OH is 1. The molecule has 9 heteroatoms. The molecule has 2 saturated heterocycles. The number of rotatable bonds is 6. The first-order chi connectivity index (χ1) is 21.4. The van der Waals surface area contributed by atoms with Gasteiger partial charge in [0.15, 0.2) is 0 Å². The number of likely N-dealkylation sites (tertiary alicyclic amines) is 1. The Hall–Kier alpha value is -4.24. The molecule has 6 atom stereocenters. The van der Waals surface area contributed by atoms with E-state index in [0.29, 0.717) is 29.4 Å². The predicted molar refractivity (Wildman–Crippen MR) is 165 cm³/mol. The number of carbonyl (C=O) groups excluding carboxylic acids is 3. The van der Waals surface area contributed by atoms with Crippen LogP contribution >= 0.6 is 11.6 Å². The number of nitrogens with zero attached hydrogens (tertiary/aromatic N) is 3. The van der Waals surface area contributed by atoms with Gasteiger partial charge in [0.05, 0.1) is 30.6 Å². The number of halogens is 1. The van der Waals surface area contributed by atoms with E-state index in [4.69, 9.17) is 16.3 Å². The molecule has 3 aromatic carbocycles. The minimum absolute atomic E-state index is 0.195. The summed E-state index contributed by atoms with van der Waals surface area (Å²) < 4.78 is 6.78. The van der Waals surface area contributed by atoms with Crippen LogP contribution in [0.15, 0.2) is 109 Å². The van der Waals surface area contributed by atoms with Crippen LogP contribution in [0.4, 0.5) is 5.69 Å². The minimum Gasteiger partial charge on any atom is -0.394 e. The van der Waals surface area contributed by atoms with Crippen LogP contribution in [-0.4, -0.2) is 70.1 Å². The normalized spacial score (nSPS) is 28.4. The number of benzene rings is 3. The highest BCUT2D eigenvalue weighted by Crippen LogP contribution is 2.55. The molecule has 224 valence electrons. The van der Waals surface area contributed by atoms with Gasteiger partial charge in [0.2, 0.25) is 11.8 Å². The summed E-state index contributed by atoms with van der Waals surface area (Å²) in [6.07, 6.45) is 6.73. The molecule has 0 bridgehead atoms. The van der Waals surface area contributed by atoms with Crippen molar-refractivity contribution in [3.8, 4) is 0 Å². The lowest BCUT2D eigenvalue weighted by Crippen LogP contribution is -2.56. The van der Waals surface area contributed by atoms with Crippen molar-refractivity contribution in [2.45, 2.75) is 30.3 Å². The molecule has 1 unspecified atom stereocenters. The van der Waals surface area contributed by atoms with E-state index in [1.54, 1.807) is 34.1 Å². The van der Waals surface area contributed by atoms with Crippen LogP contribution in [-0.2, 0) is 25.7 Å². The Morgan fingerprint density at radius 3 is 2.27 bits per heavy atom. The number of amides is 3. The molecular formula is C35H32ClN3O5. The average molecular weight is 610 g/mol. The third-order valence-electron chi connectivity index (χ3n) is 9.23. The summed E-state index contributed by atoms with van der Waals surface area (Å²) in [5.74, 6) is -2.73. The third kappa shape index (κ3) is 4.56. The maximum absolute atomic E-state index is 14.8. The first-order valence-corrected chi connectivity index (χ1v) is 15.2. The SMILES string of the molecule is O=C1[C@@H]2[C@H](C=CCN1Cc1ccccc1)O[C@]13C=CCN(c4ccc(Cl)cc4)C(=O)C1N([C@H](CO)c1ccccc1)C(=O)[C@H]23. The van der Waals surface area contributed by atoms with Crippen molar-refractivity contribution in [2.75, 3.05) is 24.6 Å². The summed E-state index contributed by atoms with van der Waals surface area (Å²) in [5.41, 5.74) is 0.871. The standard InChI is InChI=1S/C35H32ClN3O5/c36-25-14-16-26(17-15-25)38-20-8-18-35-30(33(42)39(31(35)34(38)43)27(22-40)24-11-5-2-6-12-24)29-28(44-35)13-7-19-37(32(29)41)21-23-9-3-1-4-10-23/h1-18,27-31,40H,19-22H2/t27-,28+,29-,30+,31?,35+/m1/s1. The fourth-order valence-electron chi connectivity index (χ4n) is 7.29. The van der Waals surface area contributed by atoms with Crippen molar-refractivity contribution < 1.29 is 24.2 Å². The molecule has 3 aromatic rings. The van der Waals surface area contributed by atoms with Crippen LogP contribution in [0.1, 0.15) is 17.2 Å². The van der Waals surface area contributed by atoms with E-state index in [1.165, 1.54) is 4.90 Å². The number of carbonyl (C=O) groups is 3. The minimum atomic E-state index is -1.41. The molecule has 1 spiro atoms. The highest BCUT2D eigenvalue weighted by Gasteiger charge is 2.72. The highest BCUT2D eigenvalue weighted by atomic mass is 35.5. The van der Waals surface area contributed by atoms with E-state index in [2.05, 4.69) is 0 Å². The fraction of sp³-hybridized carbons (Fsp3) is 0.286. The first kappa shape index (κ1) is 28.5. The van der Waals surface area contributed by atoms with Crippen LogP contribution in [0.3, 0.4) is 0 Å². The van der Waals surface area contributed by atoms with Crippen LogP contribution in [0.5, 0.6) is 0 Å². The lowest BCUT2D eigenvalue weighted by molar-refractivity contribution is -0.147. The summed E-state index contributed by atoms with van der Waals surface area (Å²) in [6, 6.07) is 23.9. The number of anilines is 1. The van der Waals surface area contributed by atoms with Crippen molar-refractivity contribution in [2.24, 2.45) is 11.8 Å². The number of ether oxygens (including phenoxy) is 1. The van der Waals surface area contributed by atoms with E-state index < -0.39 is 42.2 Å². The lowest BCUT2D eigenvalue weighted by atomic mass is 9.77. The zero-order valence-electron chi connectivity index (χ0n) is 23.9. The molecular weight excluding hydrogens is 578 g/mol. The van der Waals surface area contributed by atoms with Crippen molar-refractivity contribution in [3.05, 3.63) is 125 Å². The first-order valence-electron chi connectivity index (χ1n) is 14.8. The second-order valence-corrected chi connectivity index (χ2v) is 12.1. The molecule has 4 aliphatic rings. The molecule has 44 heavy (non-hydrogen) atoms. The van der Waals surface area contributed by atoms with E-state index in [1.807, 2.05) is 85.0 Å². The molecule has 3 amide bonds. The quantitative estimate of drug-likeness (QED) is 0.424. The maximum Gasteiger partial charge on any atom is 0.253 e. The maximum atomic E-state index is 14.8. The molecule has 1 N–H and O–H groups in total. The lowest BCUT2D eigenvalue weighted by Gasteiger charge is -2.38. The molecule has 8 nitrogen and oxygen atoms in total. The van der Waals surface area contributed by atoms with Crippen LogP contribution in [0.25, 0.3) is 0 Å². The van der Waals surface area contributed by atoms with Crippen LogP contribution in [0.2, 0.25) is 5.02 Å². The fourth-order valence-corrected chi connectivity index (χ4v) is 7.42. The molecule has 2 fully saturated rings. The Labute approximate surface area is 260 Å². The number of hydrogen-bond donors (Lipinski definition) is 1. The van der Waals surface area contributed by atoms with Gasteiger partial charge in [-0.25, -0.2) is 0 Å². The van der Waals surface area contributed by atoms with Crippen molar-refractivity contribution in [1.82, 2.24) is 9.80 Å². The van der Waals surface area contributed by atoms with E-state index in [0.717, 1.165) is 5.56 Å². The van der Waals surface area contributed by atoms with Crippen molar-refractivity contribution >= 4 is 35.0 Å². The number of hydrogen-bond acceptors (Lipinski definition) is 5. The monoisotopic (exact) mass is 609 g/mol. The van der Waals surface area contributed by atoms with Gasteiger partial charge in [0.25, 0.3) is 5.91 Å². The molecule has 4 aliphatic heterocycles. The average Bonchev–Trinajstić information content (AvgIpc) is 3.36. The van der Waals surface area contributed by atoms with Crippen molar-refractivity contribution in [1.29, 1.82) is 0 Å². The Kier molecular flexibility index (Phi) is 7.36. The smallest absolute Gasteiger partial charge is 0.253 e. The number of aliphatic hydroxyl groups is 1. The van der Waals surface area contributed by atoms with Gasteiger partial charge in [0.1, 0.15) is 11.6 Å². The molecule has 7 rings (SSSR count). The van der Waals surface area contributed by atoms with Crippen molar-refractivity contribution in [3.63, 3.8) is 0 Å². The van der Waals surface area contributed by atoms with E-state index >= 15 is 0 Å². The molecule has 0 radical (unpaired) electrons. The van der Waals surface area contributed by atoms with Gasteiger partial charge >= 0.3 is 0 Å². The predicted octanol–water partition coefficient (Wildman–Crippen LogP) is 4.16. The Morgan fingerprint density at radius 1 is 0.864 bits per heavy atom. The van der Waals surface area contributed by atoms with Gasteiger partial charge in [-0.1, -0.05) is 96.6 Å². The Morgan fingerprint density at radius 2 is 1.57 bits per heavy atom. The van der Waals surface area contributed by atoms with Gasteiger partial charge < -0.3 is 24.5 Å². The summed E-state index contributed by atoms with van der Waals surface area (Å²) in [6.45, 7) is 0.602. The third-order valence-corrected chi connectivity index (χ3v) is 9.48. The van der Waals surface area contributed by atoms with E-state index in [-0.39, 0.29) is 24.3 Å². The van der Waals surface area contributed by atoms with Gasteiger partial charge in [-0.05, 0) is 35.4 Å². The molecule has 0 saturated carbocycles. The van der Waals surface area contributed by atoms with Gasteiger partial charge in [0, 0.05) is 30.3 Å². The summed E-state index contributed by atoms with van der Waals surface area (Å²) in [5, 5.41) is 11.3. The zero-order valence-corrected chi connectivity index (χ0v) is 24.7. The second-order valence-electron chi connectivity index (χ2n) is 11.7. The van der Waals surface area contributed by atoms with Gasteiger partial charge in [-0.15, -0.1) is 0 Å². The van der Waals surface area contributed by atoms with E-state index in [9.17, 15) is 19.5 Å². The summed E-state index contributed by atoms with van der Waals surface area (Å²) in [4.78, 5) is 48.6. The molecule has 0 aliphatic carbocycles. The number of fused-ring (bicyclic) bond motifs is 2. The largest absolute Gasteiger partial charge is 0.394 e. The Balaban J connectivity index is 1.34. The van der Waals surface area contributed by atoms with Gasteiger partial charge in [-0.3, -0.25) is 14.4 Å². The Bertz CT molecular complexity index is 1630. The second kappa shape index (κ2) is 11.4. The summed E-state index contributed by atoms with van der Waals surface area (Å²) in [7, 11) is 0. The van der Waals surface area contributed by atoms with Gasteiger partial charge in [-0.2, -0.15) is 0 Å². The molecule has 0 aromatic heterocycles. The highest BCUT2D eigenvalue weighted by molar-refractivity contribution is 6.30. The van der Waals surface area contributed by atoms with Crippen LogP contribution in [0, 0.1) is 11.8 Å². The van der Waals surface area contributed by atoms with Crippen LogP contribution < -0.4 is 4.90 Å².